The number of halogens is 1. The number of allylic oxidation sites excluding steroid dienone is 1. The van der Waals surface area contributed by atoms with E-state index in [1.165, 1.54) is 6.92 Å². The van der Waals surface area contributed by atoms with Crippen LogP contribution in [-0.2, 0) is 20.7 Å². The largest absolute Gasteiger partial charge is 0.507 e. The quantitative estimate of drug-likeness (QED) is 0.321. The minimum atomic E-state index is -0.566. The molecule has 1 fully saturated rings. The number of esters is 1. The number of benzene rings is 1. The molecule has 6 nitrogen and oxygen atoms in total. The Labute approximate surface area is 194 Å². The average molecular weight is 465 g/mol. The molecule has 1 aliphatic carbocycles. The summed E-state index contributed by atoms with van der Waals surface area (Å²) in [5.41, 5.74) is 0.844. The fourth-order valence-electron chi connectivity index (χ4n) is 4.59. The van der Waals surface area contributed by atoms with Gasteiger partial charge in [0, 0.05) is 24.8 Å². The van der Waals surface area contributed by atoms with Crippen molar-refractivity contribution in [3.63, 3.8) is 0 Å². The molecule has 2 N–H and O–H groups in total. The van der Waals surface area contributed by atoms with Crippen LogP contribution in [0.1, 0.15) is 75.4 Å². The van der Waals surface area contributed by atoms with Gasteiger partial charge >= 0.3 is 5.97 Å². The number of hydrogen-bond acceptors (Lipinski definition) is 6. The molecule has 4 atom stereocenters. The van der Waals surface area contributed by atoms with Gasteiger partial charge in [-0.3, -0.25) is 14.4 Å². The molecule has 1 aromatic rings. The van der Waals surface area contributed by atoms with Gasteiger partial charge < -0.3 is 14.9 Å². The number of phenols is 2. The third-order valence-electron chi connectivity index (χ3n) is 7.38. The molecule has 0 heterocycles. The molecule has 32 heavy (non-hydrogen) atoms. The molecular weight excluding hydrogens is 432 g/mol. The van der Waals surface area contributed by atoms with Crippen LogP contribution in [0.25, 0.3) is 0 Å². The highest BCUT2D eigenvalue weighted by Gasteiger charge is 2.45. The van der Waals surface area contributed by atoms with E-state index < -0.39 is 12.1 Å². The molecule has 176 valence electrons. The summed E-state index contributed by atoms with van der Waals surface area (Å²) >= 11 is 6.14. The number of ketones is 1. The summed E-state index contributed by atoms with van der Waals surface area (Å²) in [5, 5.41) is 20.9. The fourth-order valence-corrected chi connectivity index (χ4v) is 4.80. The Morgan fingerprint density at radius 3 is 2.47 bits per heavy atom. The Bertz CT molecular complexity index is 950. The average Bonchev–Trinajstić information content (AvgIpc) is 2.73. The molecule has 1 saturated carbocycles. The minimum Gasteiger partial charge on any atom is -0.507 e. The molecule has 1 aromatic carbocycles. The number of rotatable bonds is 7. The maximum Gasteiger partial charge on any atom is 0.303 e. The lowest BCUT2D eigenvalue weighted by Gasteiger charge is -2.45. The van der Waals surface area contributed by atoms with Gasteiger partial charge in [0.05, 0.1) is 10.6 Å². The summed E-state index contributed by atoms with van der Waals surface area (Å²) in [4.78, 5) is 35.6. The highest BCUT2D eigenvalue weighted by molar-refractivity contribution is 6.33. The predicted molar refractivity (Wildman–Crippen MR) is 123 cm³/mol. The second-order valence-electron chi connectivity index (χ2n) is 9.23. The lowest BCUT2D eigenvalue weighted by atomic mass is 9.59. The first-order valence-corrected chi connectivity index (χ1v) is 11.3. The number of aromatic hydroxyl groups is 2. The summed E-state index contributed by atoms with van der Waals surface area (Å²) < 4.78 is 5.62. The monoisotopic (exact) mass is 464 g/mol. The van der Waals surface area contributed by atoms with Gasteiger partial charge in [0.25, 0.3) is 0 Å². The summed E-state index contributed by atoms with van der Waals surface area (Å²) in [7, 11) is 0. The van der Waals surface area contributed by atoms with Crippen LogP contribution in [0.15, 0.2) is 11.6 Å². The topological polar surface area (TPSA) is 101 Å². The molecule has 0 saturated heterocycles. The zero-order valence-electron chi connectivity index (χ0n) is 19.6. The van der Waals surface area contributed by atoms with Gasteiger partial charge in [-0.2, -0.15) is 0 Å². The van der Waals surface area contributed by atoms with E-state index in [0.29, 0.717) is 24.7 Å². The first-order chi connectivity index (χ1) is 14.8. The maximum absolute atomic E-state index is 12.4. The van der Waals surface area contributed by atoms with Crippen molar-refractivity contribution in [3.05, 3.63) is 33.4 Å². The molecule has 0 aliphatic heterocycles. The minimum absolute atomic E-state index is 0.0124. The van der Waals surface area contributed by atoms with Gasteiger partial charge in [-0.1, -0.05) is 38.4 Å². The number of ether oxygens (including phenoxy) is 1. The van der Waals surface area contributed by atoms with Crippen molar-refractivity contribution >= 4 is 29.6 Å². The second kappa shape index (κ2) is 10.1. The highest BCUT2D eigenvalue weighted by atomic mass is 35.5. The number of carbonyl (C=O) groups excluding carboxylic acids is 3. The van der Waals surface area contributed by atoms with Gasteiger partial charge in [-0.05, 0) is 55.6 Å². The first-order valence-electron chi connectivity index (χ1n) is 10.9. The zero-order chi connectivity index (χ0) is 24.4. The third-order valence-corrected chi connectivity index (χ3v) is 7.84. The van der Waals surface area contributed by atoms with Crippen LogP contribution in [0.5, 0.6) is 11.5 Å². The lowest BCUT2D eigenvalue weighted by molar-refractivity contribution is -0.148. The molecule has 7 heteroatoms. The van der Waals surface area contributed by atoms with Crippen LogP contribution in [0.2, 0.25) is 5.02 Å². The molecule has 0 bridgehead atoms. The zero-order valence-corrected chi connectivity index (χ0v) is 20.4. The summed E-state index contributed by atoms with van der Waals surface area (Å²) in [6.45, 7) is 10.8. The van der Waals surface area contributed by atoms with Crippen LogP contribution < -0.4 is 0 Å². The van der Waals surface area contributed by atoms with Crippen molar-refractivity contribution in [1.82, 2.24) is 0 Å². The van der Waals surface area contributed by atoms with E-state index in [4.69, 9.17) is 16.3 Å². The lowest BCUT2D eigenvalue weighted by Crippen LogP contribution is -2.44. The Morgan fingerprint density at radius 2 is 1.91 bits per heavy atom. The van der Waals surface area contributed by atoms with Crippen LogP contribution in [0.3, 0.4) is 0 Å². The van der Waals surface area contributed by atoms with E-state index >= 15 is 0 Å². The van der Waals surface area contributed by atoms with E-state index in [-0.39, 0.29) is 57.1 Å². The highest BCUT2D eigenvalue weighted by Crippen LogP contribution is 2.48. The van der Waals surface area contributed by atoms with Crippen LogP contribution in [-0.4, -0.2) is 34.4 Å². The molecular formula is C25H33ClO6. The van der Waals surface area contributed by atoms with Gasteiger partial charge in [-0.15, -0.1) is 0 Å². The Morgan fingerprint density at radius 1 is 1.28 bits per heavy atom. The Kier molecular flexibility index (Phi) is 8.16. The van der Waals surface area contributed by atoms with Gasteiger partial charge in [-0.25, -0.2) is 0 Å². The van der Waals surface area contributed by atoms with Gasteiger partial charge in [0.15, 0.2) is 6.29 Å². The van der Waals surface area contributed by atoms with Crippen molar-refractivity contribution in [2.45, 2.75) is 73.3 Å². The van der Waals surface area contributed by atoms with Gasteiger partial charge in [0.2, 0.25) is 0 Å². The number of carbonyl (C=O) groups is 3. The summed E-state index contributed by atoms with van der Waals surface area (Å²) in [5.74, 6) is -0.691. The summed E-state index contributed by atoms with van der Waals surface area (Å²) in [6.07, 6.45) is 3.61. The van der Waals surface area contributed by atoms with Crippen molar-refractivity contribution in [2.75, 3.05) is 0 Å². The SMILES string of the molecule is CC(=O)OC(CC1(C)C(C)CCC(=O)C1C)/C(C)=C/Cc1c(O)c(Cl)c(C)c(C=O)c1O. The van der Waals surface area contributed by atoms with Crippen molar-refractivity contribution in [1.29, 1.82) is 0 Å². The van der Waals surface area contributed by atoms with E-state index in [2.05, 4.69) is 13.8 Å². The fraction of sp³-hybridized carbons (Fsp3) is 0.560. The second-order valence-corrected chi connectivity index (χ2v) is 9.61. The molecule has 1 aliphatic rings. The first kappa shape index (κ1) is 25.9. The van der Waals surface area contributed by atoms with Gasteiger partial charge in [0.1, 0.15) is 23.4 Å². The predicted octanol–water partition coefficient (Wildman–Crippen LogP) is 5.32. The van der Waals surface area contributed by atoms with Crippen molar-refractivity contribution in [3.8, 4) is 11.5 Å². The normalized spacial score (nSPS) is 24.8. The molecule has 0 radical (unpaired) electrons. The van der Waals surface area contributed by atoms with E-state index in [0.717, 1.165) is 12.0 Å². The van der Waals surface area contributed by atoms with Crippen LogP contribution >= 0.6 is 11.6 Å². The Balaban J connectivity index is 2.39. The van der Waals surface area contributed by atoms with E-state index in [9.17, 15) is 24.6 Å². The summed E-state index contributed by atoms with van der Waals surface area (Å²) in [6, 6.07) is 0. The molecule has 0 aromatic heterocycles. The smallest absolute Gasteiger partial charge is 0.303 e. The Hall–Kier alpha value is -2.34. The van der Waals surface area contributed by atoms with E-state index in [1.54, 1.807) is 13.0 Å². The van der Waals surface area contributed by atoms with E-state index in [1.807, 2.05) is 13.8 Å². The number of Topliss-reactive ketones (excluding diaryl/α,β-unsaturated/α-hetero) is 1. The maximum atomic E-state index is 12.4. The van der Waals surface area contributed by atoms with Crippen molar-refractivity contribution in [2.24, 2.45) is 17.3 Å². The van der Waals surface area contributed by atoms with Crippen molar-refractivity contribution < 1.29 is 29.3 Å². The van der Waals surface area contributed by atoms with Crippen LogP contribution in [0, 0.1) is 24.2 Å². The number of phenolic OH excluding ortho intramolecular Hbond substituents is 2. The number of hydrogen-bond donors (Lipinski definition) is 2. The molecule has 0 amide bonds. The number of aldehydes is 1. The molecule has 4 unspecified atom stereocenters. The molecule has 2 rings (SSSR count). The standard InChI is InChI=1S/C25H33ClO6/c1-13(7-9-18-23(30)19(12-27)15(3)22(26)24(18)31)21(32-17(5)28)11-25(6)14(2)8-10-20(29)16(25)4/h7,12,14,16,21,30-31H,8-11H2,1-6H3/b13-7+. The third kappa shape index (κ3) is 5.01. The van der Waals surface area contributed by atoms with Crippen LogP contribution in [0.4, 0.5) is 0 Å². The molecule has 0 spiro atoms.